The van der Waals surface area contributed by atoms with E-state index in [1.165, 1.54) is 10.4 Å². The van der Waals surface area contributed by atoms with Gasteiger partial charge in [-0.3, -0.25) is 0 Å². The number of ether oxygens (including phenoxy) is 2. The van der Waals surface area contributed by atoms with Gasteiger partial charge in [0.25, 0.3) is 8.32 Å². The molecule has 0 heterocycles. The minimum Gasteiger partial charge on any atom is -0.496 e. The fraction of sp³-hybridized carbons (Fsp3) is 0.333. The summed E-state index contributed by atoms with van der Waals surface area (Å²) >= 11 is 0. The average molecular weight is 491 g/mol. The van der Waals surface area contributed by atoms with Gasteiger partial charge in [-0.2, -0.15) is 0 Å². The summed E-state index contributed by atoms with van der Waals surface area (Å²) in [5.74, 6) is 1.37. The second-order valence-electron chi connectivity index (χ2n) is 9.70. The number of hydrogen-bond acceptors (Lipinski definition) is 4. The summed E-state index contributed by atoms with van der Waals surface area (Å²) in [4.78, 5) is 0. The second-order valence-corrected chi connectivity index (χ2v) is 14.0. The monoisotopic (exact) mass is 490 g/mol. The Kier molecular flexibility index (Phi) is 8.95. The van der Waals surface area contributed by atoms with Crippen LogP contribution in [0.2, 0.25) is 5.04 Å². The zero-order chi connectivity index (χ0) is 25.5. The van der Waals surface area contributed by atoms with Crippen LogP contribution in [0.25, 0.3) is 6.08 Å². The standard InChI is InChI=1S/C30H38O4Si/c1-7-24(31)18-19-27-28(32-5)20-23(21-29(27)33-6)22-34-35(30(2,3)4,25-14-10-8-11-15-25)26-16-12-9-13-17-26/h8-21,24,31H,7,22H2,1-6H3/b19-18+/t24-/m1/s1. The Morgan fingerprint density at radius 2 is 1.34 bits per heavy atom. The topological polar surface area (TPSA) is 47.9 Å². The van der Waals surface area contributed by atoms with Gasteiger partial charge in [-0.05, 0) is 45.6 Å². The molecule has 0 saturated heterocycles. The Balaban J connectivity index is 2.07. The van der Waals surface area contributed by atoms with Crippen LogP contribution >= 0.6 is 0 Å². The zero-order valence-electron chi connectivity index (χ0n) is 21.7. The first-order chi connectivity index (χ1) is 16.8. The van der Waals surface area contributed by atoms with Gasteiger partial charge < -0.3 is 19.0 Å². The molecule has 4 nitrogen and oxygen atoms in total. The highest BCUT2D eigenvalue weighted by Gasteiger charge is 2.50. The lowest BCUT2D eigenvalue weighted by molar-refractivity contribution is 0.220. The molecule has 35 heavy (non-hydrogen) atoms. The molecule has 186 valence electrons. The maximum Gasteiger partial charge on any atom is 0.261 e. The molecular formula is C30H38O4Si. The molecule has 1 N–H and O–H groups in total. The van der Waals surface area contributed by atoms with Gasteiger partial charge in [-0.15, -0.1) is 0 Å². The van der Waals surface area contributed by atoms with Crippen molar-refractivity contribution in [2.75, 3.05) is 14.2 Å². The fourth-order valence-corrected chi connectivity index (χ4v) is 9.08. The molecule has 5 heteroatoms. The van der Waals surface area contributed by atoms with Crippen LogP contribution in [0.4, 0.5) is 0 Å². The molecule has 0 bridgehead atoms. The van der Waals surface area contributed by atoms with Crippen LogP contribution in [-0.2, 0) is 11.0 Å². The fourth-order valence-electron chi connectivity index (χ4n) is 4.54. The molecule has 0 radical (unpaired) electrons. The molecule has 3 rings (SSSR count). The summed E-state index contributed by atoms with van der Waals surface area (Å²) in [6, 6.07) is 25.2. The van der Waals surface area contributed by atoms with Crippen LogP contribution in [-0.4, -0.2) is 33.7 Å². The molecule has 0 aliphatic rings. The molecule has 3 aromatic carbocycles. The molecule has 0 unspecified atom stereocenters. The highest BCUT2D eigenvalue weighted by atomic mass is 28.4. The molecule has 0 amide bonds. The molecule has 1 atom stereocenters. The number of aliphatic hydroxyl groups is 1. The molecule has 3 aromatic rings. The van der Waals surface area contributed by atoms with Gasteiger partial charge in [0.05, 0.1) is 32.5 Å². The summed E-state index contributed by atoms with van der Waals surface area (Å²) in [6.45, 7) is 9.17. The second kappa shape index (κ2) is 11.7. The van der Waals surface area contributed by atoms with Crippen molar-refractivity contribution in [3.8, 4) is 11.5 Å². The summed E-state index contributed by atoms with van der Waals surface area (Å²) in [7, 11) is 0.631. The van der Waals surface area contributed by atoms with E-state index in [9.17, 15) is 5.11 Å². The summed E-state index contributed by atoms with van der Waals surface area (Å²) < 4.78 is 18.5. The Hall–Kier alpha value is -2.86. The Morgan fingerprint density at radius 1 is 0.857 bits per heavy atom. The lowest BCUT2D eigenvalue weighted by Crippen LogP contribution is -2.66. The van der Waals surface area contributed by atoms with E-state index in [-0.39, 0.29) is 5.04 Å². The predicted octanol–water partition coefficient (Wildman–Crippen LogP) is 5.56. The van der Waals surface area contributed by atoms with Crippen molar-refractivity contribution in [2.24, 2.45) is 0 Å². The largest absolute Gasteiger partial charge is 0.496 e. The van der Waals surface area contributed by atoms with Crippen molar-refractivity contribution in [1.29, 1.82) is 0 Å². The van der Waals surface area contributed by atoms with E-state index < -0.39 is 14.4 Å². The first kappa shape index (κ1) is 26.7. The number of benzene rings is 3. The highest BCUT2D eigenvalue weighted by molar-refractivity contribution is 6.99. The van der Waals surface area contributed by atoms with E-state index in [0.29, 0.717) is 24.5 Å². The van der Waals surface area contributed by atoms with Crippen molar-refractivity contribution >= 4 is 24.8 Å². The van der Waals surface area contributed by atoms with Gasteiger partial charge in [0.15, 0.2) is 0 Å². The lowest BCUT2D eigenvalue weighted by Gasteiger charge is -2.43. The van der Waals surface area contributed by atoms with Crippen LogP contribution in [0.15, 0.2) is 78.9 Å². The van der Waals surface area contributed by atoms with Crippen molar-refractivity contribution in [3.05, 3.63) is 90.0 Å². The number of methoxy groups -OCH3 is 2. The third kappa shape index (κ3) is 5.86. The molecule has 0 aliphatic carbocycles. The summed E-state index contributed by atoms with van der Waals surface area (Å²) in [6.07, 6.45) is 3.76. The maximum absolute atomic E-state index is 9.98. The van der Waals surface area contributed by atoms with Gasteiger partial charge in [0.1, 0.15) is 11.5 Å². The van der Waals surface area contributed by atoms with Gasteiger partial charge in [0.2, 0.25) is 0 Å². The smallest absolute Gasteiger partial charge is 0.261 e. The van der Waals surface area contributed by atoms with Crippen molar-refractivity contribution < 1.29 is 19.0 Å². The van der Waals surface area contributed by atoms with Crippen molar-refractivity contribution in [2.45, 2.75) is 51.9 Å². The van der Waals surface area contributed by atoms with Crippen LogP contribution < -0.4 is 19.8 Å². The highest BCUT2D eigenvalue weighted by Crippen LogP contribution is 2.38. The van der Waals surface area contributed by atoms with E-state index in [0.717, 1.165) is 11.1 Å². The molecule has 0 spiro atoms. The molecule has 0 saturated carbocycles. The Labute approximate surface area is 211 Å². The lowest BCUT2D eigenvalue weighted by atomic mass is 10.1. The maximum atomic E-state index is 9.98. The SMILES string of the molecule is CC[C@@H](O)/C=C/c1c(OC)cc(CO[Si](c2ccccc2)(c2ccccc2)C(C)(C)C)cc1OC. The van der Waals surface area contributed by atoms with Crippen molar-refractivity contribution in [1.82, 2.24) is 0 Å². The summed E-state index contributed by atoms with van der Waals surface area (Å²) in [5.41, 5.74) is 1.77. The summed E-state index contributed by atoms with van der Waals surface area (Å²) in [5, 5.41) is 12.4. The molecular weight excluding hydrogens is 452 g/mol. The molecule has 0 aromatic heterocycles. The van der Waals surface area contributed by atoms with Crippen LogP contribution in [0.1, 0.15) is 45.2 Å². The van der Waals surface area contributed by atoms with Gasteiger partial charge >= 0.3 is 0 Å². The quantitative estimate of drug-likeness (QED) is 0.378. The molecule has 0 aliphatic heterocycles. The van der Waals surface area contributed by atoms with Gasteiger partial charge in [-0.25, -0.2) is 0 Å². The van der Waals surface area contributed by atoms with Gasteiger partial charge in [0, 0.05) is 0 Å². The Bertz CT molecular complexity index is 1040. The minimum absolute atomic E-state index is 0.108. The average Bonchev–Trinajstić information content (AvgIpc) is 2.87. The van der Waals surface area contributed by atoms with Crippen LogP contribution in [0.3, 0.4) is 0 Å². The van der Waals surface area contributed by atoms with E-state index in [2.05, 4.69) is 69.3 Å². The first-order valence-corrected chi connectivity index (χ1v) is 14.0. The van der Waals surface area contributed by atoms with E-state index >= 15 is 0 Å². The van der Waals surface area contributed by atoms with Crippen LogP contribution in [0.5, 0.6) is 11.5 Å². The van der Waals surface area contributed by atoms with E-state index in [1.54, 1.807) is 20.3 Å². The third-order valence-electron chi connectivity index (χ3n) is 6.38. The normalized spacial score (nSPS) is 13.1. The van der Waals surface area contributed by atoms with Crippen LogP contribution in [0, 0.1) is 0 Å². The minimum atomic E-state index is -2.66. The van der Waals surface area contributed by atoms with Crippen molar-refractivity contribution in [3.63, 3.8) is 0 Å². The number of rotatable bonds is 10. The van der Waals surface area contributed by atoms with Gasteiger partial charge in [-0.1, -0.05) is 94.4 Å². The zero-order valence-corrected chi connectivity index (χ0v) is 22.7. The van der Waals surface area contributed by atoms with E-state index in [1.807, 2.05) is 37.3 Å². The molecule has 0 fully saturated rings. The number of aliphatic hydroxyl groups excluding tert-OH is 1. The Morgan fingerprint density at radius 3 is 1.74 bits per heavy atom. The first-order valence-electron chi connectivity index (χ1n) is 12.1. The number of hydrogen-bond donors (Lipinski definition) is 1. The predicted molar refractivity (Wildman–Crippen MR) is 147 cm³/mol. The third-order valence-corrected chi connectivity index (χ3v) is 11.4. The van der Waals surface area contributed by atoms with E-state index in [4.69, 9.17) is 13.9 Å².